The average molecular weight is 332 g/mol. The van der Waals surface area contributed by atoms with Crippen LogP contribution in [-0.2, 0) is 6.54 Å². The summed E-state index contributed by atoms with van der Waals surface area (Å²) in [6.45, 7) is 0.631. The SMILES string of the molecule is O=C(CCSC(=S)NCc1cccnc1)c1ccc(O)cc1. The van der Waals surface area contributed by atoms with E-state index in [9.17, 15) is 9.90 Å². The summed E-state index contributed by atoms with van der Waals surface area (Å²) in [5.41, 5.74) is 1.67. The molecule has 22 heavy (non-hydrogen) atoms. The van der Waals surface area contributed by atoms with Gasteiger partial charge in [-0.2, -0.15) is 0 Å². The number of hydrogen-bond acceptors (Lipinski definition) is 5. The number of ketones is 1. The van der Waals surface area contributed by atoms with E-state index in [1.165, 1.54) is 23.9 Å². The number of hydrogen-bond donors (Lipinski definition) is 2. The number of Topliss-reactive ketones (excluding diaryl/α,β-unsaturated/α-hetero) is 1. The summed E-state index contributed by atoms with van der Waals surface area (Å²) in [7, 11) is 0. The van der Waals surface area contributed by atoms with E-state index in [4.69, 9.17) is 12.2 Å². The quantitative estimate of drug-likeness (QED) is 0.626. The van der Waals surface area contributed by atoms with E-state index < -0.39 is 0 Å². The number of benzene rings is 1. The Labute approximate surface area is 139 Å². The van der Waals surface area contributed by atoms with Gasteiger partial charge in [-0.3, -0.25) is 9.78 Å². The highest BCUT2D eigenvalue weighted by molar-refractivity contribution is 8.22. The predicted octanol–water partition coefficient (Wildman–Crippen LogP) is 3.17. The predicted molar refractivity (Wildman–Crippen MR) is 93.2 cm³/mol. The third-order valence-corrected chi connectivity index (χ3v) is 4.22. The Morgan fingerprint density at radius 2 is 2.05 bits per heavy atom. The zero-order valence-corrected chi connectivity index (χ0v) is 13.5. The Bertz CT molecular complexity index is 630. The van der Waals surface area contributed by atoms with Crippen LogP contribution in [0.5, 0.6) is 5.75 Å². The zero-order chi connectivity index (χ0) is 15.8. The fourth-order valence-electron chi connectivity index (χ4n) is 1.76. The number of carbonyl (C=O) groups is 1. The number of nitrogens with zero attached hydrogens (tertiary/aromatic N) is 1. The first-order valence-electron chi connectivity index (χ1n) is 6.77. The maximum Gasteiger partial charge on any atom is 0.163 e. The van der Waals surface area contributed by atoms with E-state index in [0.717, 1.165) is 5.56 Å². The van der Waals surface area contributed by atoms with Crippen LogP contribution >= 0.6 is 24.0 Å². The number of aromatic hydroxyl groups is 1. The molecule has 4 nitrogen and oxygen atoms in total. The van der Waals surface area contributed by atoms with Crippen molar-refractivity contribution in [1.29, 1.82) is 0 Å². The van der Waals surface area contributed by atoms with E-state index in [1.807, 2.05) is 12.1 Å². The van der Waals surface area contributed by atoms with Gasteiger partial charge >= 0.3 is 0 Å². The van der Waals surface area contributed by atoms with E-state index >= 15 is 0 Å². The van der Waals surface area contributed by atoms with E-state index in [-0.39, 0.29) is 11.5 Å². The van der Waals surface area contributed by atoms with Gasteiger partial charge in [0, 0.05) is 36.7 Å². The first-order chi connectivity index (χ1) is 10.6. The second-order valence-corrected chi connectivity index (χ2v) is 6.34. The van der Waals surface area contributed by atoms with E-state index in [1.54, 1.807) is 24.5 Å². The lowest BCUT2D eigenvalue weighted by molar-refractivity contribution is 0.0989. The van der Waals surface area contributed by atoms with Gasteiger partial charge in [-0.15, -0.1) is 0 Å². The molecule has 2 rings (SSSR count). The van der Waals surface area contributed by atoms with Gasteiger partial charge in [-0.05, 0) is 35.9 Å². The molecule has 0 bridgehead atoms. The number of pyridine rings is 1. The van der Waals surface area contributed by atoms with Gasteiger partial charge in [-0.1, -0.05) is 30.0 Å². The summed E-state index contributed by atoms with van der Waals surface area (Å²) in [5, 5.41) is 12.3. The van der Waals surface area contributed by atoms with Crippen LogP contribution in [0.3, 0.4) is 0 Å². The van der Waals surface area contributed by atoms with Gasteiger partial charge < -0.3 is 10.4 Å². The largest absolute Gasteiger partial charge is 0.508 e. The molecule has 2 aromatic rings. The molecular formula is C16H16N2O2S2. The van der Waals surface area contributed by atoms with Crippen LogP contribution in [0.25, 0.3) is 0 Å². The minimum Gasteiger partial charge on any atom is -0.508 e. The van der Waals surface area contributed by atoms with Crippen molar-refractivity contribution in [2.75, 3.05) is 5.75 Å². The molecule has 0 atom stereocenters. The number of nitrogens with one attached hydrogen (secondary N) is 1. The second-order valence-electron chi connectivity index (χ2n) is 4.57. The third-order valence-electron chi connectivity index (χ3n) is 2.91. The molecule has 0 aliphatic heterocycles. The molecule has 1 heterocycles. The van der Waals surface area contributed by atoms with Crippen LogP contribution in [-0.4, -0.2) is 25.9 Å². The molecule has 0 saturated heterocycles. The summed E-state index contributed by atoms with van der Waals surface area (Å²) in [6.07, 6.45) is 3.92. The van der Waals surface area contributed by atoms with Crippen molar-refractivity contribution < 1.29 is 9.90 Å². The van der Waals surface area contributed by atoms with Gasteiger partial charge in [0.1, 0.15) is 10.1 Å². The summed E-state index contributed by atoms with van der Waals surface area (Å²) >= 11 is 6.68. The van der Waals surface area contributed by atoms with Crippen LogP contribution < -0.4 is 5.32 Å². The maximum absolute atomic E-state index is 11.9. The van der Waals surface area contributed by atoms with Crippen LogP contribution in [0.1, 0.15) is 22.3 Å². The molecule has 0 unspecified atom stereocenters. The average Bonchev–Trinajstić information content (AvgIpc) is 2.54. The molecule has 0 spiro atoms. The van der Waals surface area contributed by atoms with Gasteiger partial charge in [-0.25, -0.2) is 0 Å². The summed E-state index contributed by atoms with van der Waals surface area (Å²) in [6, 6.07) is 10.1. The number of thioether (sulfide) groups is 1. The van der Waals surface area contributed by atoms with Crippen molar-refractivity contribution in [1.82, 2.24) is 10.3 Å². The summed E-state index contributed by atoms with van der Waals surface area (Å²) in [5.74, 6) is 0.827. The normalized spacial score (nSPS) is 10.2. The molecule has 0 aliphatic rings. The summed E-state index contributed by atoms with van der Waals surface area (Å²) in [4.78, 5) is 16.0. The molecule has 0 radical (unpaired) electrons. The van der Waals surface area contributed by atoms with Gasteiger partial charge in [0.25, 0.3) is 0 Å². The fourth-order valence-corrected chi connectivity index (χ4v) is 2.73. The maximum atomic E-state index is 11.9. The zero-order valence-electron chi connectivity index (χ0n) is 11.9. The number of phenols is 1. The Hall–Kier alpha value is -1.92. The Morgan fingerprint density at radius 1 is 1.27 bits per heavy atom. The molecule has 1 aromatic carbocycles. The van der Waals surface area contributed by atoms with Crippen molar-refractivity contribution in [2.24, 2.45) is 0 Å². The van der Waals surface area contributed by atoms with Crippen molar-refractivity contribution in [3.63, 3.8) is 0 Å². The Kier molecular flexibility index (Phi) is 6.36. The smallest absolute Gasteiger partial charge is 0.163 e. The first-order valence-corrected chi connectivity index (χ1v) is 8.16. The lowest BCUT2D eigenvalue weighted by Gasteiger charge is -2.07. The lowest BCUT2D eigenvalue weighted by Crippen LogP contribution is -2.18. The minimum atomic E-state index is 0.0440. The topological polar surface area (TPSA) is 62.2 Å². The molecule has 6 heteroatoms. The van der Waals surface area contributed by atoms with Crippen molar-refractivity contribution >= 4 is 34.1 Å². The number of carbonyl (C=O) groups excluding carboxylic acids is 1. The molecule has 114 valence electrons. The second kappa shape index (κ2) is 8.51. The highest BCUT2D eigenvalue weighted by Crippen LogP contribution is 2.13. The molecular weight excluding hydrogens is 316 g/mol. The molecule has 0 fully saturated rings. The lowest BCUT2D eigenvalue weighted by atomic mass is 10.1. The number of thiocarbonyl (C=S) groups is 1. The van der Waals surface area contributed by atoms with Crippen molar-refractivity contribution in [2.45, 2.75) is 13.0 Å². The van der Waals surface area contributed by atoms with Gasteiger partial charge in [0.15, 0.2) is 5.78 Å². The number of phenolic OH excluding ortho intramolecular Hbond substituents is 1. The number of aromatic nitrogens is 1. The minimum absolute atomic E-state index is 0.0440. The highest BCUT2D eigenvalue weighted by Gasteiger charge is 2.06. The Balaban J connectivity index is 1.68. The van der Waals surface area contributed by atoms with E-state index in [2.05, 4.69) is 10.3 Å². The van der Waals surface area contributed by atoms with Gasteiger partial charge in [0.2, 0.25) is 0 Å². The third kappa shape index (κ3) is 5.46. The van der Waals surface area contributed by atoms with Crippen LogP contribution in [0.2, 0.25) is 0 Å². The Morgan fingerprint density at radius 3 is 2.73 bits per heavy atom. The van der Waals surface area contributed by atoms with Crippen LogP contribution in [0, 0.1) is 0 Å². The molecule has 0 saturated carbocycles. The van der Waals surface area contributed by atoms with Crippen molar-refractivity contribution in [3.05, 3.63) is 59.9 Å². The standard InChI is InChI=1S/C16H16N2O2S2/c19-14-5-3-13(4-6-14)15(20)7-9-22-16(21)18-11-12-2-1-8-17-10-12/h1-6,8,10,19H,7,9,11H2,(H,18,21). The molecule has 0 amide bonds. The van der Waals surface area contributed by atoms with Crippen LogP contribution in [0.15, 0.2) is 48.8 Å². The number of rotatable bonds is 6. The molecule has 1 aromatic heterocycles. The first kappa shape index (κ1) is 16.5. The monoisotopic (exact) mass is 332 g/mol. The van der Waals surface area contributed by atoms with Crippen molar-refractivity contribution in [3.8, 4) is 5.75 Å². The summed E-state index contributed by atoms with van der Waals surface area (Å²) < 4.78 is 0.669. The van der Waals surface area contributed by atoms with Crippen LogP contribution in [0.4, 0.5) is 0 Å². The van der Waals surface area contributed by atoms with E-state index in [0.29, 0.717) is 28.6 Å². The molecule has 2 N–H and O–H groups in total. The van der Waals surface area contributed by atoms with Gasteiger partial charge in [0.05, 0.1) is 0 Å². The molecule has 0 aliphatic carbocycles. The fraction of sp³-hybridized carbons (Fsp3) is 0.188. The highest BCUT2D eigenvalue weighted by atomic mass is 32.2.